The molecule has 4 N–H and O–H groups in total. The highest BCUT2D eigenvalue weighted by molar-refractivity contribution is 5.94. The summed E-state index contributed by atoms with van der Waals surface area (Å²) in [5.41, 5.74) is 1.50. The van der Waals surface area contributed by atoms with Gasteiger partial charge in [0.2, 0.25) is 0 Å². The van der Waals surface area contributed by atoms with Gasteiger partial charge in [-0.05, 0) is 25.7 Å². The Morgan fingerprint density at radius 2 is 2.28 bits per heavy atom. The summed E-state index contributed by atoms with van der Waals surface area (Å²) in [7, 11) is 0. The van der Waals surface area contributed by atoms with Gasteiger partial charge in [0.25, 0.3) is 5.91 Å². The minimum Gasteiger partial charge on any atom is -0.394 e. The predicted molar refractivity (Wildman–Crippen MR) is 63.2 cm³/mol. The van der Waals surface area contributed by atoms with Gasteiger partial charge in [-0.25, -0.2) is 0 Å². The number of nitrogens with zero attached hydrogens (tertiary/aromatic N) is 1. The van der Waals surface area contributed by atoms with Crippen LogP contribution < -0.4 is 5.32 Å². The van der Waals surface area contributed by atoms with E-state index in [1.165, 1.54) is 6.42 Å². The third-order valence-corrected chi connectivity index (χ3v) is 3.99. The summed E-state index contributed by atoms with van der Waals surface area (Å²) in [6.45, 7) is 0.968. The molecule has 2 aliphatic carbocycles. The molecule has 2 atom stereocenters. The average Bonchev–Trinajstić information content (AvgIpc) is 2.85. The molecule has 1 aromatic heterocycles. The van der Waals surface area contributed by atoms with Gasteiger partial charge >= 0.3 is 0 Å². The van der Waals surface area contributed by atoms with Crippen molar-refractivity contribution in [1.29, 1.82) is 0 Å². The van der Waals surface area contributed by atoms with Crippen molar-refractivity contribution in [3.05, 3.63) is 17.0 Å². The quantitative estimate of drug-likeness (QED) is 0.582. The van der Waals surface area contributed by atoms with Crippen molar-refractivity contribution in [2.24, 2.45) is 5.92 Å². The fourth-order valence-electron chi connectivity index (χ4n) is 2.63. The molecule has 3 rings (SSSR count). The Balaban J connectivity index is 1.79. The van der Waals surface area contributed by atoms with Crippen LogP contribution in [0.3, 0.4) is 0 Å². The summed E-state index contributed by atoms with van der Waals surface area (Å²) in [6, 6.07) is 0. The van der Waals surface area contributed by atoms with Crippen LogP contribution in [-0.2, 0) is 6.42 Å². The number of aromatic amines is 1. The van der Waals surface area contributed by atoms with E-state index in [2.05, 4.69) is 15.5 Å². The first-order valence-corrected chi connectivity index (χ1v) is 6.19. The third kappa shape index (κ3) is 1.64. The van der Waals surface area contributed by atoms with Gasteiger partial charge < -0.3 is 15.5 Å². The molecular weight excluding hydrogens is 234 g/mol. The molecule has 1 fully saturated rings. The molecule has 18 heavy (non-hydrogen) atoms. The lowest BCUT2D eigenvalue weighted by molar-refractivity contribution is 0.0718. The lowest BCUT2D eigenvalue weighted by Crippen LogP contribution is -2.52. The number of aliphatic hydroxyl groups is 2. The maximum absolute atomic E-state index is 12.1. The molecule has 0 aliphatic heterocycles. The molecule has 1 heterocycles. The lowest BCUT2D eigenvalue weighted by Gasteiger charge is -2.25. The summed E-state index contributed by atoms with van der Waals surface area (Å²) in [5, 5.41) is 28.0. The van der Waals surface area contributed by atoms with E-state index in [-0.39, 0.29) is 19.1 Å². The SMILES string of the molecule is CC(CO)(CO)NC(=O)c1n[nH]c2c1CC1CC21. The van der Waals surface area contributed by atoms with E-state index >= 15 is 0 Å². The first-order valence-electron chi connectivity index (χ1n) is 6.19. The molecule has 0 radical (unpaired) electrons. The number of hydrogen-bond donors (Lipinski definition) is 4. The minimum absolute atomic E-state index is 0.312. The Kier molecular flexibility index (Phi) is 2.46. The molecule has 6 heteroatoms. The zero-order valence-electron chi connectivity index (χ0n) is 10.2. The Labute approximate surface area is 104 Å². The molecule has 1 amide bonds. The Bertz CT molecular complexity index is 493. The number of amides is 1. The maximum Gasteiger partial charge on any atom is 0.272 e. The number of carbonyl (C=O) groups is 1. The molecule has 6 nitrogen and oxygen atoms in total. The smallest absolute Gasteiger partial charge is 0.272 e. The Hall–Kier alpha value is -1.40. The third-order valence-electron chi connectivity index (χ3n) is 3.99. The highest BCUT2D eigenvalue weighted by Gasteiger charge is 2.48. The van der Waals surface area contributed by atoms with Crippen LogP contribution in [0.25, 0.3) is 0 Å². The largest absolute Gasteiger partial charge is 0.394 e. The van der Waals surface area contributed by atoms with Crippen molar-refractivity contribution in [3.63, 3.8) is 0 Å². The van der Waals surface area contributed by atoms with Crippen molar-refractivity contribution in [2.45, 2.75) is 31.2 Å². The molecule has 2 aliphatic rings. The fraction of sp³-hybridized carbons (Fsp3) is 0.667. The first-order chi connectivity index (χ1) is 8.58. The van der Waals surface area contributed by atoms with Gasteiger partial charge in [0.05, 0.1) is 18.8 Å². The molecule has 2 unspecified atom stereocenters. The molecule has 1 aromatic rings. The maximum atomic E-state index is 12.1. The van der Waals surface area contributed by atoms with Gasteiger partial charge in [0.15, 0.2) is 5.69 Å². The normalized spacial score (nSPS) is 24.6. The number of fused-ring (bicyclic) bond motifs is 3. The van der Waals surface area contributed by atoms with E-state index in [9.17, 15) is 15.0 Å². The number of aromatic nitrogens is 2. The van der Waals surface area contributed by atoms with Crippen LogP contribution in [0.15, 0.2) is 0 Å². The second kappa shape index (κ2) is 3.80. The van der Waals surface area contributed by atoms with Crippen LogP contribution in [0.4, 0.5) is 0 Å². The monoisotopic (exact) mass is 251 g/mol. The van der Waals surface area contributed by atoms with Crippen LogP contribution in [0, 0.1) is 5.92 Å². The van der Waals surface area contributed by atoms with Crippen molar-refractivity contribution in [3.8, 4) is 0 Å². The molecule has 1 saturated carbocycles. The van der Waals surface area contributed by atoms with E-state index in [0.717, 1.165) is 17.7 Å². The summed E-state index contributed by atoms with van der Waals surface area (Å²) >= 11 is 0. The van der Waals surface area contributed by atoms with Crippen LogP contribution in [0.2, 0.25) is 0 Å². The predicted octanol–water partition coefficient (Wildman–Crippen LogP) is -0.458. The van der Waals surface area contributed by atoms with Gasteiger partial charge in [0, 0.05) is 17.2 Å². The second-order valence-corrected chi connectivity index (χ2v) is 5.60. The number of nitrogens with one attached hydrogen (secondary N) is 2. The number of aliphatic hydroxyl groups excluding tert-OH is 2. The van der Waals surface area contributed by atoms with Crippen LogP contribution >= 0.6 is 0 Å². The van der Waals surface area contributed by atoms with Gasteiger partial charge in [-0.15, -0.1) is 0 Å². The van der Waals surface area contributed by atoms with E-state index in [0.29, 0.717) is 17.5 Å². The van der Waals surface area contributed by atoms with Gasteiger partial charge in [-0.1, -0.05) is 0 Å². The molecule has 0 bridgehead atoms. The number of rotatable bonds is 4. The van der Waals surface area contributed by atoms with Crippen molar-refractivity contribution >= 4 is 5.91 Å². The van der Waals surface area contributed by atoms with Crippen molar-refractivity contribution in [1.82, 2.24) is 15.5 Å². The summed E-state index contributed by atoms with van der Waals surface area (Å²) < 4.78 is 0. The molecular formula is C12H17N3O3. The summed E-state index contributed by atoms with van der Waals surface area (Å²) in [6.07, 6.45) is 2.11. The standard InChI is InChI=1S/C12H17N3O3/c1-12(4-16,5-17)13-11(18)10-8-3-6-2-7(6)9(8)14-15-10/h6-7,16-17H,2-5H2,1H3,(H,13,18)(H,14,15). The Morgan fingerprint density at radius 3 is 2.94 bits per heavy atom. The van der Waals surface area contributed by atoms with Crippen molar-refractivity contribution < 1.29 is 15.0 Å². The molecule has 0 saturated heterocycles. The summed E-state index contributed by atoms with van der Waals surface area (Å²) in [5.74, 6) is 0.915. The van der Waals surface area contributed by atoms with E-state index in [1.807, 2.05) is 0 Å². The van der Waals surface area contributed by atoms with Crippen LogP contribution in [0.1, 0.15) is 41.0 Å². The minimum atomic E-state index is -1.01. The highest BCUT2D eigenvalue weighted by Crippen LogP contribution is 2.55. The zero-order valence-corrected chi connectivity index (χ0v) is 10.2. The fourth-order valence-corrected chi connectivity index (χ4v) is 2.63. The van der Waals surface area contributed by atoms with E-state index in [4.69, 9.17) is 0 Å². The number of hydrogen-bond acceptors (Lipinski definition) is 4. The number of H-pyrrole nitrogens is 1. The summed E-state index contributed by atoms with van der Waals surface area (Å²) in [4.78, 5) is 12.1. The van der Waals surface area contributed by atoms with Gasteiger partial charge in [-0.3, -0.25) is 9.89 Å². The lowest BCUT2D eigenvalue weighted by atomic mass is 10.0. The van der Waals surface area contributed by atoms with Crippen LogP contribution in [0.5, 0.6) is 0 Å². The van der Waals surface area contributed by atoms with Gasteiger partial charge in [-0.2, -0.15) is 5.10 Å². The second-order valence-electron chi connectivity index (χ2n) is 5.60. The first kappa shape index (κ1) is 11.7. The van der Waals surface area contributed by atoms with E-state index < -0.39 is 5.54 Å². The average molecular weight is 251 g/mol. The molecule has 98 valence electrons. The zero-order chi connectivity index (χ0) is 12.9. The molecule has 0 aromatic carbocycles. The number of carbonyl (C=O) groups excluding carboxylic acids is 1. The van der Waals surface area contributed by atoms with Crippen LogP contribution in [-0.4, -0.2) is 45.1 Å². The molecule has 0 spiro atoms. The van der Waals surface area contributed by atoms with Gasteiger partial charge in [0.1, 0.15) is 0 Å². The topological polar surface area (TPSA) is 98.2 Å². The van der Waals surface area contributed by atoms with Crippen molar-refractivity contribution in [2.75, 3.05) is 13.2 Å². The van der Waals surface area contributed by atoms with E-state index in [1.54, 1.807) is 6.92 Å². The Morgan fingerprint density at radius 1 is 1.56 bits per heavy atom. The highest BCUT2D eigenvalue weighted by atomic mass is 16.3.